The van der Waals surface area contributed by atoms with Crippen LogP contribution >= 0.6 is 11.6 Å². The van der Waals surface area contributed by atoms with Gasteiger partial charge in [-0.3, -0.25) is 9.59 Å². The summed E-state index contributed by atoms with van der Waals surface area (Å²) in [6, 6.07) is 6.48. The van der Waals surface area contributed by atoms with Gasteiger partial charge in [0.15, 0.2) is 0 Å². The van der Waals surface area contributed by atoms with E-state index in [0.29, 0.717) is 10.6 Å². The van der Waals surface area contributed by atoms with Gasteiger partial charge < -0.3 is 14.7 Å². The molecule has 1 rings (SSSR count). The Morgan fingerprint density at radius 1 is 1.29 bits per heavy atom. The summed E-state index contributed by atoms with van der Waals surface area (Å²) >= 11 is 5.81. The molecular formula is C15H20ClNO4. The molecule has 0 aromatic heterocycles. The zero-order valence-electron chi connectivity index (χ0n) is 12.4. The SMILES string of the molecule is COC(=O)CCN(C(=O)c1ccc(Cl)cc1)C(C)(C)CO. The molecule has 0 aliphatic rings. The molecule has 0 atom stereocenters. The second-order valence-electron chi connectivity index (χ2n) is 5.26. The van der Waals surface area contributed by atoms with E-state index >= 15 is 0 Å². The molecule has 0 radical (unpaired) electrons. The Balaban J connectivity index is 2.97. The fraction of sp³-hybridized carbons (Fsp3) is 0.467. The summed E-state index contributed by atoms with van der Waals surface area (Å²) in [6.45, 7) is 3.42. The molecule has 0 aliphatic carbocycles. The molecule has 0 fully saturated rings. The number of carbonyl (C=O) groups is 2. The second-order valence-corrected chi connectivity index (χ2v) is 5.70. The zero-order chi connectivity index (χ0) is 16.0. The zero-order valence-corrected chi connectivity index (χ0v) is 13.2. The summed E-state index contributed by atoms with van der Waals surface area (Å²) in [5.41, 5.74) is -0.337. The van der Waals surface area contributed by atoms with E-state index < -0.39 is 11.5 Å². The molecule has 0 unspecified atom stereocenters. The van der Waals surface area contributed by atoms with Crippen molar-refractivity contribution in [2.24, 2.45) is 0 Å². The van der Waals surface area contributed by atoms with Crippen LogP contribution in [0.25, 0.3) is 0 Å². The van der Waals surface area contributed by atoms with Crippen molar-refractivity contribution < 1.29 is 19.4 Å². The summed E-state index contributed by atoms with van der Waals surface area (Å²) < 4.78 is 4.59. The third kappa shape index (κ3) is 4.72. The number of ether oxygens (including phenoxy) is 1. The number of hydrogen-bond donors (Lipinski definition) is 1. The number of halogens is 1. The average Bonchev–Trinajstić information content (AvgIpc) is 2.47. The number of rotatable bonds is 6. The number of esters is 1. The fourth-order valence-corrected chi connectivity index (χ4v) is 1.94. The number of hydrogen-bond acceptors (Lipinski definition) is 4. The molecule has 5 nitrogen and oxygen atoms in total. The van der Waals surface area contributed by atoms with Gasteiger partial charge in [-0.05, 0) is 38.1 Å². The molecular weight excluding hydrogens is 294 g/mol. The first-order chi connectivity index (χ1) is 9.81. The lowest BCUT2D eigenvalue weighted by molar-refractivity contribution is -0.141. The van der Waals surface area contributed by atoms with Crippen LogP contribution in [0.15, 0.2) is 24.3 Å². The Hall–Kier alpha value is -1.59. The molecule has 116 valence electrons. The molecule has 0 heterocycles. The lowest BCUT2D eigenvalue weighted by Crippen LogP contribution is -2.51. The summed E-state index contributed by atoms with van der Waals surface area (Å²) in [5.74, 6) is -0.674. The van der Waals surface area contributed by atoms with Crippen molar-refractivity contribution >= 4 is 23.5 Å². The van der Waals surface area contributed by atoms with Gasteiger partial charge in [-0.2, -0.15) is 0 Å². The molecule has 0 aliphatic heterocycles. The van der Waals surface area contributed by atoms with E-state index in [1.807, 2.05) is 0 Å². The Kier molecular flexibility index (Phi) is 6.18. The smallest absolute Gasteiger partial charge is 0.307 e. The maximum absolute atomic E-state index is 12.6. The predicted octanol–water partition coefficient (Wildman–Crippen LogP) is 2.12. The first kappa shape index (κ1) is 17.5. The highest BCUT2D eigenvalue weighted by molar-refractivity contribution is 6.30. The standard InChI is InChI=1S/C15H20ClNO4/c1-15(2,10-18)17(9-8-13(19)21-3)14(20)11-4-6-12(16)7-5-11/h4-7,18H,8-10H2,1-3H3. The van der Waals surface area contributed by atoms with Crippen molar-refractivity contribution in [3.05, 3.63) is 34.9 Å². The second kappa shape index (κ2) is 7.43. The number of aliphatic hydroxyl groups is 1. The van der Waals surface area contributed by atoms with Crippen LogP contribution < -0.4 is 0 Å². The molecule has 6 heteroatoms. The van der Waals surface area contributed by atoms with Gasteiger partial charge in [0.05, 0.1) is 25.7 Å². The minimum absolute atomic E-state index is 0.0687. The van der Waals surface area contributed by atoms with E-state index in [4.69, 9.17) is 11.6 Å². The third-order valence-electron chi connectivity index (χ3n) is 3.22. The van der Waals surface area contributed by atoms with Crippen molar-refractivity contribution in [3.8, 4) is 0 Å². The van der Waals surface area contributed by atoms with Crippen LogP contribution in [-0.4, -0.2) is 47.7 Å². The van der Waals surface area contributed by atoms with Crippen LogP contribution in [0.4, 0.5) is 0 Å². The van der Waals surface area contributed by atoms with Gasteiger partial charge in [0.25, 0.3) is 5.91 Å². The van der Waals surface area contributed by atoms with Crippen LogP contribution in [0.2, 0.25) is 5.02 Å². The number of nitrogens with zero attached hydrogens (tertiary/aromatic N) is 1. The largest absolute Gasteiger partial charge is 0.469 e. The van der Waals surface area contributed by atoms with Gasteiger partial charge in [-0.1, -0.05) is 11.6 Å². The summed E-state index contributed by atoms with van der Waals surface area (Å²) in [4.78, 5) is 25.3. The van der Waals surface area contributed by atoms with Crippen LogP contribution in [0.5, 0.6) is 0 Å². The Labute approximate surface area is 129 Å². The van der Waals surface area contributed by atoms with Gasteiger partial charge in [0.1, 0.15) is 0 Å². The van der Waals surface area contributed by atoms with Crippen LogP contribution in [-0.2, 0) is 9.53 Å². The molecule has 1 amide bonds. The van der Waals surface area contributed by atoms with Crippen molar-refractivity contribution in [2.75, 3.05) is 20.3 Å². The van der Waals surface area contributed by atoms with E-state index in [2.05, 4.69) is 4.74 Å². The number of amides is 1. The van der Waals surface area contributed by atoms with E-state index in [9.17, 15) is 14.7 Å². The Morgan fingerprint density at radius 3 is 2.33 bits per heavy atom. The van der Waals surface area contributed by atoms with Crippen molar-refractivity contribution in [2.45, 2.75) is 25.8 Å². The van der Waals surface area contributed by atoms with Crippen LogP contribution in [0.3, 0.4) is 0 Å². The fourth-order valence-electron chi connectivity index (χ4n) is 1.82. The topological polar surface area (TPSA) is 66.8 Å². The van der Waals surface area contributed by atoms with Crippen LogP contribution in [0, 0.1) is 0 Å². The normalized spacial score (nSPS) is 11.1. The summed E-state index contributed by atoms with van der Waals surface area (Å²) in [5, 5.41) is 10.0. The number of benzene rings is 1. The monoisotopic (exact) mass is 313 g/mol. The predicted molar refractivity (Wildman–Crippen MR) is 80.3 cm³/mol. The highest BCUT2D eigenvalue weighted by Crippen LogP contribution is 2.19. The average molecular weight is 314 g/mol. The Bertz CT molecular complexity index is 499. The van der Waals surface area contributed by atoms with Crippen LogP contribution in [0.1, 0.15) is 30.6 Å². The van der Waals surface area contributed by atoms with E-state index in [0.717, 1.165) is 0 Å². The summed E-state index contributed by atoms with van der Waals surface area (Å²) in [7, 11) is 1.30. The molecule has 21 heavy (non-hydrogen) atoms. The lowest BCUT2D eigenvalue weighted by atomic mass is 10.0. The molecule has 1 aromatic rings. The number of carbonyl (C=O) groups excluding carboxylic acids is 2. The van der Waals surface area contributed by atoms with Crippen molar-refractivity contribution in [1.82, 2.24) is 4.90 Å². The molecule has 1 N–H and O–H groups in total. The molecule has 0 spiro atoms. The molecule has 0 saturated heterocycles. The van der Waals surface area contributed by atoms with Crippen molar-refractivity contribution in [1.29, 1.82) is 0 Å². The number of aliphatic hydroxyl groups excluding tert-OH is 1. The van der Waals surface area contributed by atoms with Gasteiger partial charge in [-0.25, -0.2) is 0 Å². The quantitative estimate of drug-likeness (QED) is 0.817. The third-order valence-corrected chi connectivity index (χ3v) is 3.47. The lowest BCUT2D eigenvalue weighted by Gasteiger charge is -2.37. The van der Waals surface area contributed by atoms with Gasteiger partial charge in [-0.15, -0.1) is 0 Å². The minimum atomic E-state index is -0.787. The molecule has 0 saturated carbocycles. The summed E-state index contributed by atoms with van der Waals surface area (Å²) in [6.07, 6.45) is 0.0687. The first-order valence-electron chi connectivity index (χ1n) is 6.57. The minimum Gasteiger partial charge on any atom is -0.469 e. The maximum Gasteiger partial charge on any atom is 0.307 e. The van der Waals surface area contributed by atoms with E-state index in [-0.39, 0.29) is 25.5 Å². The van der Waals surface area contributed by atoms with E-state index in [1.54, 1.807) is 38.1 Å². The molecule has 0 bridgehead atoms. The maximum atomic E-state index is 12.6. The molecule has 1 aromatic carbocycles. The number of methoxy groups -OCH3 is 1. The van der Waals surface area contributed by atoms with Gasteiger partial charge >= 0.3 is 5.97 Å². The van der Waals surface area contributed by atoms with Gasteiger partial charge in [0.2, 0.25) is 0 Å². The van der Waals surface area contributed by atoms with E-state index in [1.165, 1.54) is 12.0 Å². The highest BCUT2D eigenvalue weighted by atomic mass is 35.5. The first-order valence-corrected chi connectivity index (χ1v) is 6.95. The Morgan fingerprint density at radius 2 is 1.86 bits per heavy atom. The van der Waals surface area contributed by atoms with Crippen molar-refractivity contribution in [3.63, 3.8) is 0 Å². The van der Waals surface area contributed by atoms with Gasteiger partial charge in [0, 0.05) is 17.1 Å². The highest BCUT2D eigenvalue weighted by Gasteiger charge is 2.31.